The number of amides is 12. The van der Waals surface area contributed by atoms with E-state index in [1.807, 2.05) is 13.8 Å². The largest absolute Gasteiger partial charge is 0.397 e. The molecule has 3 N–H and O–H groups in total. The summed E-state index contributed by atoms with van der Waals surface area (Å²) in [6.45, 7) is 5.37. The van der Waals surface area contributed by atoms with Crippen LogP contribution in [-0.4, -0.2) is 276 Å². The van der Waals surface area contributed by atoms with Gasteiger partial charge in [0.2, 0.25) is 70.9 Å². The summed E-state index contributed by atoms with van der Waals surface area (Å²) in [5.74, 6) is -16.7. The van der Waals surface area contributed by atoms with Gasteiger partial charge in [-0.05, 0) is 152 Å². The van der Waals surface area contributed by atoms with Crippen molar-refractivity contribution in [2.24, 2.45) is 41.4 Å². The van der Waals surface area contributed by atoms with Gasteiger partial charge in [-0.2, -0.15) is 26.3 Å². The molecule has 0 aromatic heterocycles. The predicted octanol–water partition coefficient (Wildman–Crippen LogP) is 6.34. The summed E-state index contributed by atoms with van der Waals surface area (Å²) in [5, 5.41) is 8.39. The Balaban J connectivity index is 1.30. The van der Waals surface area contributed by atoms with Gasteiger partial charge in [0, 0.05) is 69.5 Å². The molecule has 2 unspecified atom stereocenters. The van der Waals surface area contributed by atoms with Gasteiger partial charge in [-0.1, -0.05) is 59.1 Å². The highest BCUT2D eigenvalue weighted by Gasteiger charge is 2.56. The van der Waals surface area contributed by atoms with E-state index >= 15 is 32.8 Å². The van der Waals surface area contributed by atoms with Crippen molar-refractivity contribution in [3.63, 3.8) is 0 Å². The molecule has 7 aliphatic rings. The Morgan fingerprint density at radius 3 is 1.79 bits per heavy atom. The van der Waals surface area contributed by atoms with Crippen LogP contribution in [0.3, 0.4) is 0 Å². The molecule has 3 aliphatic heterocycles. The van der Waals surface area contributed by atoms with Crippen LogP contribution in [0, 0.1) is 41.4 Å². The molecule has 105 heavy (non-hydrogen) atoms. The second-order valence-corrected chi connectivity index (χ2v) is 31.5. The highest BCUT2D eigenvalue weighted by Crippen LogP contribution is 2.46. The van der Waals surface area contributed by atoms with E-state index < -0.39 is 224 Å². The number of rotatable bonds is 11. The van der Waals surface area contributed by atoms with E-state index in [0.29, 0.717) is 38.5 Å². The van der Waals surface area contributed by atoms with Gasteiger partial charge in [0.1, 0.15) is 72.1 Å². The summed E-state index contributed by atoms with van der Waals surface area (Å²) < 4.78 is 115. The van der Waals surface area contributed by atoms with Crippen LogP contribution >= 0.6 is 0 Å². The Bertz CT molecular complexity index is 3150. The van der Waals surface area contributed by atoms with Gasteiger partial charge in [0.25, 0.3) is 0 Å². The fourth-order valence-electron chi connectivity index (χ4n) is 16.7. The lowest BCUT2D eigenvalue weighted by atomic mass is 9.74. The minimum absolute atomic E-state index is 0.00469. The molecule has 4 saturated carbocycles. The minimum atomic E-state index is -5.20. The van der Waals surface area contributed by atoms with Crippen LogP contribution in [0.25, 0.3) is 0 Å². The second-order valence-electron chi connectivity index (χ2n) is 31.5. The number of nitrogens with one attached hydrogen (secondary N) is 3. The van der Waals surface area contributed by atoms with Gasteiger partial charge in [-0.3, -0.25) is 57.5 Å². The Morgan fingerprint density at radius 2 is 1.23 bits per heavy atom. The molecular formula is C73H112F8N12O12. The Hall–Kier alpha value is -7.18. The molecule has 6 fully saturated rings. The van der Waals surface area contributed by atoms with Gasteiger partial charge in [0.15, 0.2) is 0 Å². The van der Waals surface area contributed by atoms with Crippen LogP contribution in [0.1, 0.15) is 175 Å². The third-order valence-corrected chi connectivity index (χ3v) is 23.5. The third kappa shape index (κ3) is 20.5. The molecule has 0 aromatic carbocycles. The summed E-state index contributed by atoms with van der Waals surface area (Å²) in [7, 11) is 10.9. The van der Waals surface area contributed by atoms with Crippen molar-refractivity contribution in [3.05, 3.63) is 12.2 Å². The van der Waals surface area contributed by atoms with E-state index in [2.05, 4.69) is 16.0 Å². The summed E-state index contributed by atoms with van der Waals surface area (Å²) >= 11 is 0. The van der Waals surface area contributed by atoms with Crippen LogP contribution in [0.4, 0.5) is 35.1 Å². The van der Waals surface area contributed by atoms with E-state index in [-0.39, 0.29) is 102 Å². The smallest absolute Gasteiger partial charge is 0.347 e. The Labute approximate surface area is 611 Å². The second kappa shape index (κ2) is 36.1. The first kappa shape index (κ1) is 85.1. The number of nitrogens with zero attached hydrogens (tertiary/aromatic N) is 9. The molecule has 592 valence electrons. The summed E-state index contributed by atoms with van der Waals surface area (Å²) in [5.41, 5.74) is -1.64. The molecule has 12 amide bonds. The van der Waals surface area contributed by atoms with Gasteiger partial charge in [-0.15, -0.1) is 0 Å². The zero-order valence-corrected chi connectivity index (χ0v) is 63.0. The molecule has 3 heterocycles. The van der Waals surface area contributed by atoms with Crippen molar-refractivity contribution in [1.29, 1.82) is 0 Å². The summed E-state index contributed by atoms with van der Waals surface area (Å²) in [6, 6.07) is -11.1. The predicted molar refractivity (Wildman–Crippen MR) is 370 cm³/mol. The van der Waals surface area contributed by atoms with Crippen molar-refractivity contribution in [2.45, 2.75) is 254 Å². The number of alkyl halides is 8. The number of fused-ring (bicyclic) bond motifs is 3. The molecule has 11 atom stereocenters. The fraction of sp³-hybridized carbons (Fsp3) is 0.808. The molecule has 2 saturated heterocycles. The minimum Gasteiger partial charge on any atom is -0.347 e. The van der Waals surface area contributed by atoms with Crippen LogP contribution in [0.5, 0.6) is 0 Å². The van der Waals surface area contributed by atoms with Gasteiger partial charge >= 0.3 is 12.4 Å². The first-order chi connectivity index (χ1) is 49.1. The van der Waals surface area contributed by atoms with Gasteiger partial charge in [-0.25, -0.2) is 8.78 Å². The van der Waals surface area contributed by atoms with Crippen LogP contribution < -0.4 is 16.0 Å². The van der Waals surface area contributed by atoms with Crippen molar-refractivity contribution < 1.29 is 92.7 Å². The lowest BCUT2D eigenvalue weighted by molar-refractivity contribution is -0.219. The molecule has 1 spiro atoms. The lowest BCUT2D eigenvalue weighted by Gasteiger charge is -2.46. The quantitative estimate of drug-likeness (QED) is 0.151. The van der Waals surface area contributed by atoms with Crippen molar-refractivity contribution in [3.8, 4) is 0 Å². The van der Waals surface area contributed by atoms with Gasteiger partial charge in [0.05, 0.1) is 25.4 Å². The normalized spacial score (nSPS) is 31.8. The highest BCUT2D eigenvalue weighted by molar-refractivity contribution is 6.01. The van der Waals surface area contributed by atoms with E-state index in [0.717, 1.165) is 24.5 Å². The molecule has 32 heteroatoms. The lowest BCUT2D eigenvalue weighted by Crippen LogP contribution is -2.68. The summed E-state index contributed by atoms with van der Waals surface area (Å²) in [6.07, 6.45) is -11.5. The third-order valence-electron chi connectivity index (χ3n) is 23.5. The summed E-state index contributed by atoms with van der Waals surface area (Å²) in [4.78, 5) is 190. The molecule has 4 aliphatic carbocycles. The molecular weight excluding hydrogens is 1390 g/mol. The maximum Gasteiger partial charge on any atom is 0.397 e. The van der Waals surface area contributed by atoms with Crippen molar-refractivity contribution >= 4 is 70.9 Å². The van der Waals surface area contributed by atoms with E-state index in [9.17, 15) is 59.9 Å². The molecule has 0 aromatic rings. The van der Waals surface area contributed by atoms with E-state index in [4.69, 9.17) is 0 Å². The van der Waals surface area contributed by atoms with Gasteiger partial charge < -0.3 is 60.0 Å². The fourth-order valence-corrected chi connectivity index (χ4v) is 16.7. The monoisotopic (exact) mass is 1500 g/mol. The zero-order chi connectivity index (χ0) is 78.1. The number of halogens is 8. The van der Waals surface area contributed by atoms with E-state index in [1.54, 1.807) is 26.0 Å². The SMILES string of the molecule is CC[C@H](C)[C@@H]1NC(=O)[C@H](CC(C)C)N(C)C(=O)C[C@@H](C(=O)N(C)C)N(C)C(=O)[C@H](C2CCCC2)N(C)C(=O)C2(CCC2)NC(=O)[C@@H]2CCCN2C(=O)[C@H](CCC2CC(F)C(C(F)(F)F)C(F)C2)NC(=O)CN(C)C(=O)[C@H](CC2CCC(C(F)(F)F)CC2)N2CC/C=C\C[C@@H](C2=O)N(C)C(=O)CN(C)C1=O. The van der Waals surface area contributed by atoms with E-state index in [1.165, 1.54) is 76.0 Å². The maximum atomic E-state index is 15.4. The molecule has 7 rings (SSSR count). The van der Waals surface area contributed by atoms with Crippen molar-refractivity contribution in [2.75, 3.05) is 82.6 Å². The number of hydrogen-bond donors (Lipinski definition) is 3. The zero-order valence-electron chi connectivity index (χ0n) is 63.0. The first-order valence-electron chi connectivity index (χ1n) is 37.5. The van der Waals surface area contributed by atoms with Crippen LogP contribution in [0.15, 0.2) is 12.2 Å². The van der Waals surface area contributed by atoms with Crippen LogP contribution in [0.2, 0.25) is 0 Å². The topological polar surface area (TPSA) is 270 Å². The Kier molecular flexibility index (Phi) is 29.3. The molecule has 0 radical (unpaired) electrons. The number of carbonyl (C=O) groups excluding carboxylic acids is 12. The first-order valence-corrected chi connectivity index (χ1v) is 37.5. The number of hydrogen-bond acceptors (Lipinski definition) is 12. The molecule has 2 bridgehead atoms. The number of likely N-dealkylation sites (N-methyl/N-ethyl adjacent to an activating group) is 7. The average Bonchev–Trinajstić information content (AvgIpc) is 1.76. The Morgan fingerprint density at radius 1 is 0.610 bits per heavy atom. The average molecular weight is 1500 g/mol. The maximum absolute atomic E-state index is 15.4. The molecule has 24 nitrogen and oxygen atoms in total. The number of carbonyl (C=O) groups is 12. The van der Waals surface area contributed by atoms with Crippen molar-refractivity contribution in [1.82, 2.24) is 60.0 Å². The highest BCUT2D eigenvalue weighted by atomic mass is 19.4. The van der Waals surface area contributed by atoms with Crippen LogP contribution in [-0.2, 0) is 57.5 Å². The standard InChI is InChI=1S/C73H112F8N12O12/c1-13-43(4)60-68(103)87(8)41-58(96)88(9)52-23-15-14-18-33-93(67(52)102)55(38-44-25-28-47(29-26-44)72(76,77)78)66(101)86(7)40-56(94)82-50(30-27-45-36-48(74)59(49(75)37-45)73(79,80)81)64(99)92-34-19-24-51(92)63(98)84-71(31-20-32-71)70(105)91(12)61(46-21-16-17-22-46)69(104)90(11)54(65(100)85(5)6)39-57(95)89(10)53(35-42(2)3)62(97)83-60/h14-15,42-55,59-61H,13,16-41H2,1-12H3,(H,82,94)(H,83,97)(H,84,98)/b15-14-/t43-,44?,45?,47?,48?,49?,50-,51-,52-,53-,54-,55-,59?,60-,61-/m0/s1.